The number of carbonyl (C=O) groups is 2. The SMILES string of the molecule is O=C1C=CC(=O)N1[As]. The van der Waals surface area contributed by atoms with Crippen molar-refractivity contribution in [3.8, 4) is 0 Å². The third kappa shape index (κ3) is 0.692. The van der Waals surface area contributed by atoms with Crippen LogP contribution in [0.4, 0.5) is 0 Å². The van der Waals surface area contributed by atoms with Crippen LogP contribution in [0.15, 0.2) is 12.2 Å². The summed E-state index contributed by atoms with van der Waals surface area (Å²) in [4.78, 5) is 20.8. The van der Waals surface area contributed by atoms with E-state index in [9.17, 15) is 9.59 Å². The van der Waals surface area contributed by atoms with Crippen LogP contribution in [0.2, 0.25) is 0 Å². The summed E-state index contributed by atoms with van der Waals surface area (Å²) in [6.07, 6.45) is 2.47. The third-order valence-electron chi connectivity index (χ3n) is 0.786. The van der Waals surface area contributed by atoms with Crippen LogP contribution in [0.1, 0.15) is 0 Å². The number of nitrogens with zero attached hydrogens (tertiary/aromatic N) is 1. The van der Waals surface area contributed by atoms with Crippen LogP contribution in [-0.4, -0.2) is 32.7 Å². The molecule has 0 spiro atoms. The number of imide groups is 1. The molecule has 1 heterocycles. The molecule has 0 bridgehead atoms. The van der Waals surface area contributed by atoms with E-state index in [1.54, 1.807) is 0 Å². The molecule has 8 heavy (non-hydrogen) atoms. The molecule has 0 aromatic rings. The Morgan fingerprint density at radius 2 is 1.62 bits per heavy atom. The summed E-state index contributed by atoms with van der Waals surface area (Å²) in [6.45, 7) is 0. The average molecular weight is 171 g/mol. The Morgan fingerprint density at radius 3 is 1.75 bits per heavy atom. The zero-order chi connectivity index (χ0) is 6.15. The molecule has 0 fully saturated rings. The first kappa shape index (κ1) is 5.57. The summed E-state index contributed by atoms with van der Waals surface area (Å²) in [6, 6.07) is 0. The van der Waals surface area contributed by atoms with Gasteiger partial charge in [-0.15, -0.1) is 0 Å². The van der Waals surface area contributed by atoms with Crippen LogP contribution >= 0.6 is 0 Å². The number of carbonyl (C=O) groups excluding carboxylic acids is 2. The van der Waals surface area contributed by atoms with E-state index in [2.05, 4.69) is 0 Å². The van der Waals surface area contributed by atoms with E-state index in [-0.39, 0.29) is 11.8 Å². The second kappa shape index (κ2) is 1.75. The second-order valence-corrected chi connectivity index (χ2v) is 2.16. The van der Waals surface area contributed by atoms with Gasteiger partial charge in [-0.1, -0.05) is 0 Å². The standard InChI is InChI=1S/C4H2AsNO2/c5-6-3(7)1-2-4(6)8/h1-2H. The van der Waals surface area contributed by atoms with E-state index in [0.717, 1.165) is 3.82 Å². The van der Waals surface area contributed by atoms with Crippen molar-refractivity contribution in [1.29, 1.82) is 0 Å². The second-order valence-electron chi connectivity index (χ2n) is 1.32. The van der Waals surface area contributed by atoms with Crippen molar-refractivity contribution in [2.45, 2.75) is 0 Å². The molecule has 0 unspecified atom stereocenters. The maximum atomic E-state index is 10.4. The molecule has 2 amide bonds. The first-order valence-electron chi connectivity index (χ1n) is 1.97. The molecule has 0 aromatic carbocycles. The quantitative estimate of drug-likeness (QED) is 0.346. The van der Waals surface area contributed by atoms with Gasteiger partial charge in [-0.25, -0.2) is 0 Å². The van der Waals surface area contributed by atoms with Gasteiger partial charge in [0.2, 0.25) is 0 Å². The molecule has 1 aliphatic rings. The van der Waals surface area contributed by atoms with Gasteiger partial charge in [-0.05, 0) is 0 Å². The van der Waals surface area contributed by atoms with E-state index in [1.807, 2.05) is 17.1 Å². The van der Waals surface area contributed by atoms with E-state index < -0.39 is 0 Å². The Hall–Kier alpha value is -0.562. The Kier molecular flexibility index (Phi) is 1.22. The number of amides is 2. The number of hydrogen-bond acceptors (Lipinski definition) is 2. The predicted octanol–water partition coefficient (Wildman–Crippen LogP) is -1.01. The zero-order valence-corrected chi connectivity index (χ0v) is 5.74. The predicted molar refractivity (Wildman–Crippen MR) is 26.7 cm³/mol. The summed E-state index contributed by atoms with van der Waals surface area (Å²) < 4.78 is 0.993. The van der Waals surface area contributed by atoms with Crippen molar-refractivity contribution in [2.24, 2.45) is 0 Å². The minimum absolute atomic E-state index is 0.269. The molecule has 1 aliphatic heterocycles. The Morgan fingerprint density at radius 1 is 1.25 bits per heavy atom. The van der Waals surface area contributed by atoms with Crippen LogP contribution < -0.4 is 0 Å². The van der Waals surface area contributed by atoms with Crippen molar-refractivity contribution in [3.63, 3.8) is 0 Å². The first-order valence-corrected chi connectivity index (χ1v) is 2.81. The van der Waals surface area contributed by atoms with Crippen molar-refractivity contribution in [2.75, 3.05) is 0 Å². The molecule has 0 aliphatic carbocycles. The molecule has 40 valence electrons. The molecule has 0 saturated carbocycles. The van der Waals surface area contributed by atoms with E-state index >= 15 is 0 Å². The van der Waals surface area contributed by atoms with E-state index in [1.165, 1.54) is 12.2 Å². The Bertz CT molecular complexity index is 157. The summed E-state index contributed by atoms with van der Waals surface area (Å²) in [5.74, 6) is -0.537. The normalized spacial score (nSPS) is 18.4. The van der Waals surface area contributed by atoms with Crippen LogP contribution in [0, 0.1) is 0 Å². The molecule has 0 saturated heterocycles. The van der Waals surface area contributed by atoms with Crippen molar-refractivity contribution >= 4 is 28.9 Å². The van der Waals surface area contributed by atoms with Gasteiger partial charge in [0.1, 0.15) is 0 Å². The van der Waals surface area contributed by atoms with Gasteiger partial charge in [0.05, 0.1) is 0 Å². The van der Waals surface area contributed by atoms with Gasteiger partial charge in [0, 0.05) is 0 Å². The molecule has 0 aromatic heterocycles. The van der Waals surface area contributed by atoms with Gasteiger partial charge in [0.25, 0.3) is 0 Å². The molecule has 2 radical (unpaired) electrons. The Labute approximate surface area is 55.1 Å². The monoisotopic (exact) mass is 171 g/mol. The van der Waals surface area contributed by atoms with Crippen molar-refractivity contribution in [3.05, 3.63) is 12.2 Å². The summed E-state index contributed by atoms with van der Waals surface area (Å²) in [7, 11) is 0. The molecule has 1 rings (SSSR count). The third-order valence-corrected chi connectivity index (χ3v) is 1.61. The molecule has 4 heteroatoms. The zero-order valence-electron chi connectivity index (χ0n) is 3.87. The van der Waals surface area contributed by atoms with Crippen molar-refractivity contribution < 1.29 is 9.59 Å². The van der Waals surface area contributed by atoms with Crippen LogP contribution in [0.3, 0.4) is 0 Å². The first-order chi connectivity index (χ1) is 3.72. The summed E-state index contributed by atoms with van der Waals surface area (Å²) >= 11 is 1.88. The fourth-order valence-corrected chi connectivity index (χ4v) is 0.672. The van der Waals surface area contributed by atoms with Gasteiger partial charge in [-0.3, -0.25) is 0 Å². The van der Waals surface area contributed by atoms with Gasteiger partial charge in [-0.2, -0.15) is 0 Å². The molecular weight excluding hydrogens is 169 g/mol. The van der Waals surface area contributed by atoms with E-state index in [4.69, 9.17) is 0 Å². The molecule has 0 N–H and O–H groups in total. The summed E-state index contributed by atoms with van der Waals surface area (Å²) in [5.41, 5.74) is 0. The van der Waals surface area contributed by atoms with Gasteiger partial charge < -0.3 is 0 Å². The molecular formula is C4H2AsNO2. The minimum atomic E-state index is -0.269. The number of hydrogen-bond donors (Lipinski definition) is 0. The molecule has 0 atom stereocenters. The van der Waals surface area contributed by atoms with Crippen LogP contribution in [0.25, 0.3) is 0 Å². The summed E-state index contributed by atoms with van der Waals surface area (Å²) in [5, 5.41) is 0. The van der Waals surface area contributed by atoms with Crippen LogP contribution in [-0.2, 0) is 9.59 Å². The van der Waals surface area contributed by atoms with Gasteiger partial charge >= 0.3 is 54.5 Å². The Balaban J connectivity index is 2.84. The van der Waals surface area contributed by atoms with Crippen molar-refractivity contribution in [1.82, 2.24) is 3.82 Å². The van der Waals surface area contributed by atoms with E-state index in [0.29, 0.717) is 0 Å². The average Bonchev–Trinajstić information content (AvgIpc) is 1.98. The molecule has 3 nitrogen and oxygen atoms in total. The fourth-order valence-electron chi connectivity index (χ4n) is 0.392. The van der Waals surface area contributed by atoms with Gasteiger partial charge in [0.15, 0.2) is 0 Å². The topological polar surface area (TPSA) is 37.4 Å². The van der Waals surface area contributed by atoms with Crippen LogP contribution in [0.5, 0.6) is 0 Å². The number of rotatable bonds is 0. The fraction of sp³-hybridized carbons (Fsp3) is 0. The maximum absolute atomic E-state index is 10.4.